The molecular formula is C24H26N4O3. The molecule has 1 amide bonds. The molecule has 0 atom stereocenters. The highest BCUT2D eigenvalue weighted by Gasteiger charge is 2.22. The molecule has 31 heavy (non-hydrogen) atoms. The normalized spacial score (nSPS) is 14.5. The van der Waals surface area contributed by atoms with Crippen molar-refractivity contribution in [3.8, 4) is 0 Å². The maximum atomic E-state index is 12.8. The van der Waals surface area contributed by atoms with Crippen molar-refractivity contribution in [2.45, 2.75) is 19.6 Å². The van der Waals surface area contributed by atoms with Gasteiger partial charge in [0.15, 0.2) is 0 Å². The molecule has 3 aromatic rings. The van der Waals surface area contributed by atoms with Crippen molar-refractivity contribution >= 4 is 5.91 Å². The second kappa shape index (κ2) is 9.57. The largest absolute Gasteiger partial charge is 0.339 e. The van der Waals surface area contributed by atoms with Gasteiger partial charge in [0.05, 0.1) is 6.54 Å². The first kappa shape index (κ1) is 20.8. The molecule has 0 spiro atoms. The molecule has 0 unspecified atom stereocenters. The van der Waals surface area contributed by atoms with Crippen LogP contribution in [0.4, 0.5) is 0 Å². The standard InChI is InChI=1S/C24H26N4O3/c29-22-11-12-27(18-21-9-5-2-6-10-21)24(31)28(22)19-23(30)26-15-13-25(14-16-26)17-20-7-3-1-4-8-20/h1-12H,13-19H2. The predicted octanol–water partition coefficient (Wildman–Crippen LogP) is 1.40. The van der Waals surface area contributed by atoms with Crippen LogP contribution in [0.3, 0.4) is 0 Å². The lowest BCUT2D eigenvalue weighted by Crippen LogP contribution is -2.51. The summed E-state index contributed by atoms with van der Waals surface area (Å²) in [6.45, 7) is 3.69. The van der Waals surface area contributed by atoms with Gasteiger partial charge in [0.2, 0.25) is 5.91 Å². The number of hydrogen-bond acceptors (Lipinski definition) is 4. The third-order valence-corrected chi connectivity index (χ3v) is 5.60. The van der Waals surface area contributed by atoms with Gasteiger partial charge < -0.3 is 4.90 Å². The monoisotopic (exact) mass is 418 g/mol. The summed E-state index contributed by atoms with van der Waals surface area (Å²) in [4.78, 5) is 42.0. The van der Waals surface area contributed by atoms with Crippen LogP contribution >= 0.6 is 0 Å². The number of carbonyl (C=O) groups is 1. The summed E-state index contributed by atoms with van der Waals surface area (Å²) in [6.07, 6.45) is 1.49. The molecule has 0 N–H and O–H groups in total. The van der Waals surface area contributed by atoms with E-state index in [2.05, 4.69) is 17.0 Å². The zero-order chi connectivity index (χ0) is 21.6. The van der Waals surface area contributed by atoms with E-state index in [-0.39, 0.29) is 12.5 Å². The number of amides is 1. The lowest BCUT2D eigenvalue weighted by atomic mass is 10.2. The smallest absolute Gasteiger partial charge is 0.331 e. The van der Waals surface area contributed by atoms with Gasteiger partial charge in [-0.05, 0) is 11.1 Å². The molecule has 1 aromatic heterocycles. The lowest BCUT2D eigenvalue weighted by molar-refractivity contribution is -0.133. The Morgan fingerprint density at radius 1 is 0.742 bits per heavy atom. The molecule has 1 saturated heterocycles. The molecule has 4 rings (SSSR count). The van der Waals surface area contributed by atoms with Crippen LogP contribution in [-0.4, -0.2) is 51.0 Å². The van der Waals surface area contributed by atoms with Crippen LogP contribution in [0.25, 0.3) is 0 Å². The van der Waals surface area contributed by atoms with Gasteiger partial charge >= 0.3 is 5.69 Å². The number of piperazine rings is 1. The molecule has 0 saturated carbocycles. The number of benzene rings is 2. The zero-order valence-corrected chi connectivity index (χ0v) is 17.4. The maximum absolute atomic E-state index is 12.8. The highest BCUT2D eigenvalue weighted by Crippen LogP contribution is 2.09. The van der Waals surface area contributed by atoms with Gasteiger partial charge in [0, 0.05) is 45.0 Å². The number of carbonyl (C=O) groups excluding carboxylic acids is 1. The Morgan fingerprint density at radius 2 is 1.32 bits per heavy atom. The average molecular weight is 418 g/mol. The van der Waals surface area contributed by atoms with E-state index in [1.807, 2.05) is 48.5 Å². The quantitative estimate of drug-likeness (QED) is 0.607. The fourth-order valence-electron chi connectivity index (χ4n) is 3.84. The first-order valence-electron chi connectivity index (χ1n) is 10.5. The van der Waals surface area contributed by atoms with E-state index in [0.29, 0.717) is 19.6 Å². The number of nitrogens with zero attached hydrogens (tertiary/aromatic N) is 4. The molecule has 7 nitrogen and oxygen atoms in total. The summed E-state index contributed by atoms with van der Waals surface area (Å²) in [5, 5.41) is 0. The average Bonchev–Trinajstić information content (AvgIpc) is 2.80. The molecule has 160 valence electrons. The van der Waals surface area contributed by atoms with Gasteiger partial charge in [0.25, 0.3) is 5.56 Å². The first-order valence-corrected chi connectivity index (χ1v) is 10.5. The molecule has 1 aliphatic heterocycles. The van der Waals surface area contributed by atoms with Crippen molar-refractivity contribution in [3.63, 3.8) is 0 Å². The highest BCUT2D eigenvalue weighted by atomic mass is 16.2. The van der Waals surface area contributed by atoms with Gasteiger partial charge in [-0.15, -0.1) is 0 Å². The molecular weight excluding hydrogens is 392 g/mol. The molecule has 7 heteroatoms. The van der Waals surface area contributed by atoms with E-state index in [1.165, 1.54) is 22.4 Å². The Morgan fingerprint density at radius 3 is 1.94 bits per heavy atom. The summed E-state index contributed by atoms with van der Waals surface area (Å²) in [7, 11) is 0. The predicted molar refractivity (Wildman–Crippen MR) is 119 cm³/mol. The molecule has 1 aliphatic rings. The number of aromatic nitrogens is 2. The summed E-state index contributed by atoms with van der Waals surface area (Å²) < 4.78 is 2.49. The van der Waals surface area contributed by atoms with E-state index >= 15 is 0 Å². The Bertz CT molecular complexity index is 1130. The van der Waals surface area contributed by atoms with Crippen molar-refractivity contribution in [1.29, 1.82) is 0 Å². The second-order valence-electron chi connectivity index (χ2n) is 7.78. The van der Waals surface area contributed by atoms with E-state index in [0.717, 1.165) is 29.8 Å². The van der Waals surface area contributed by atoms with E-state index in [9.17, 15) is 14.4 Å². The minimum Gasteiger partial charge on any atom is -0.339 e. The Balaban J connectivity index is 1.39. The highest BCUT2D eigenvalue weighted by molar-refractivity contribution is 5.76. The van der Waals surface area contributed by atoms with Gasteiger partial charge in [-0.25, -0.2) is 4.79 Å². The van der Waals surface area contributed by atoms with Crippen LogP contribution in [0, 0.1) is 0 Å². The molecule has 0 bridgehead atoms. The second-order valence-corrected chi connectivity index (χ2v) is 7.78. The third kappa shape index (κ3) is 5.19. The molecule has 1 fully saturated rings. The zero-order valence-electron chi connectivity index (χ0n) is 17.4. The van der Waals surface area contributed by atoms with Crippen LogP contribution in [-0.2, 0) is 24.4 Å². The maximum Gasteiger partial charge on any atom is 0.331 e. The Kier molecular flexibility index (Phi) is 6.43. The summed E-state index contributed by atoms with van der Waals surface area (Å²) in [5.74, 6) is -0.198. The van der Waals surface area contributed by atoms with Crippen molar-refractivity contribution in [3.05, 3.63) is 105 Å². The van der Waals surface area contributed by atoms with Gasteiger partial charge in [0.1, 0.15) is 6.54 Å². The van der Waals surface area contributed by atoms with Crippen LogP contribution < -0.4 is 11.2 Å². The van der Waals surface area contributed by atoms with Crippen LogP contribution in [0.15, 0.2) is 82.5 Å². The molecule has 2 aromatic carbocycles. The van der Waals surface area contributed by atoms with Crippen LogP contribution in [0.1, 0.15) is 11.1 Å². The topological polar surface area (TPSA) is 67.5 Å². The summed E-state index contributed by atoms with van der Waals surface area (Å²) in [5.41, 5.74) is 1.28. The minimum absolute atomic E-state index is 0.198. The number of hydrogen-bond donors (Lipinski definition) is 0. The lowest BCUT2D eigenvalue weighted by Gasteiger charge is -2.34. The first-order chi connectivity index (χ1) is 15.1. The minimum atomic E-state index is -0.465. The fraction of sp³-hybridized carbons (Fsp3) is 0.292. The van der Waals surface area contributed by atoms with Crippen molar-refractivity contribution in [2.75, 3.05) is 26.2 Å². The Hall–Kier alpha value is -3.45. The molecule has 2 heterocycles. The van der Waals surface area contributed by atoms with Crippen LogP contribution in [0.2, 0.25) is 0 Å². The molecule has 0 radical (unpaired) electrons. The van der Waals surface area contributed by atoms with Gasteiger partial charge in [-0.3, -0.25) is 23.6 Å². The van der Waals surface area contributed by atoms with E-state index in [4.69, 9.17) is 0 Å². The summed E-state index contributed by atoms with van der Waals surface area (Å²) >= 11 is 0. The molecule has 0 aliphatic carbocycles. The SMILES string of the molecule is O=C(Cn1c(=O)ccn(Cc2ccccc2)c1=O)N1CCN(Cc2ccccc2)CC1. The van der Waals surface area contributed by atoms with Gasteiger partial charge in [-0.1, -0.05) is 60.7 Å². The van der Waals surface area contributed by atoms with E-state index in [1.54, 1.807) is 4.90 Å². The summed E-state index contributed by atoms with van der Waals surface area (Å²) in [6, 6.07) is 21.1. The van der Waals surface area contributed by atoms with Crippen molar-refractivity contribution in [2.24, 2.45) is 0 Å². The van der Waals surface area contributed by atoms with Crippen molar-refractivity contribution in [1.82, 2.24) is 18.9 Å². The van der Waals surface area contributed by atoms with E-state index < -0.39 is 11.2 Å². The Labute approximate surface area is 180 Å². The third-order valence-electron chi connectivity index (χ3n) is 5.60. The van der Waals surface area contributed by atoms with Crippen molar-refractivity contribution < 1.29 is 4.79 Å². The van der Waals surface area contributed by atoms with Crippen LogP contribution in [0.5, 0.6) is 0 Å². The number of rotatable bonds is 6. The van der Waals surface area contributed by atoms with Gasteiger partial charge in [-0.2, -0.15) is 0 Å². The fourth-order valence-corrected chi connectivity index (χ4v) is 3.84.